The first-order valence-corrected chi connectivity index (χ1v) is 5.07. The Hall–Kier alpha value is -0.980. The van der Waals surface area contributed by atoms with E-state index < -0.39 is 0 Å². The second-order valence-electron chi connectivity index (χ2n) is 3.65. The Morgan fingerprint density at radius 3 is 3.00 bits per heavy atom. The molecule has 70 valence electrons. The van der Waals surface area contributed by atoms with Gasteiger partial charge in [-0.05, 0) is 42.9 Å². The van der Waals surface area contributed by atoms with E-state index in [2.05, 4.69) is 26.0 Å². The molecule has 2 rings (SSSR count). The summed E-state index contributed by atoms with van der Waals surface area (Å²) in [5, 5.41) is 0. The number of rotatable bonds is 1. The maximum absolute atomic E-state index is 5.73. The monoisotopic (exact) mass is 176 g/mol. The van der Waals surface area contributed by atoms with Crippen molar-refractivity contribution < 1.29 is 4.74 Å². The molecule has 13 heavy (non-hydrogen) atoms. The number of benzene rings is 1. The van der Waals surface area contributed by atoms with Crippen LogP contribution in [0.1, 0.15) is 30.0 Å². The Balaban J connectivity index is 2.52. The van der Waals surface area contributed by atoms with Crippen LogP contribution in [-0.2, 0) is 12.8 Å². The Morgan fingerprint density at radius 1 is 1.38 bits per heavy atom. The number of ether oxygens (including phenoxy) is 1. The molecule has 1 nitrogen and oxygen atoms in total. The summed E-state index contributed by atoms with van der Waals surface area (Å²) in [6.07, 6.45) is 3.43. The van der Waals surface area contributed by atoms with Crippen molar-refractivity contribution in [2.45, 2.75) is 33.1 Å². The summed E-state index contributed by atoms with van der Waals surface area (Å²) in [7, 11) is 0. The lowest BCUT2D eigenvalue weighted by molar-refractivity contribution is 0.285. The number of aryl methyl sites for hydroxylation is 2. The summed E-state index contributed by atoms with van der Waals surface area (Å²) in [6.45, 7) is 5.25. The van der Waals surface area contributed by atoms with Gasteiger partial charge in [0.15, 0.2) is 0 Å². The van der Waals surface area contributed by atoms with Crippen LogP contribution in [0.5, 0.6) is 5.75 Å². The van der Waals surface area contributed by atoms with Crippen LogP contribution >= 0.6 is 0 Å². The maximum atomic E-state index is 5.73. The molecular weight excluding hydrogens is 160 g/mol. The van der Waals surface area contributed by atoms with Crippen molar-refractivity contribution in [2.75, 3.05) is 6.61 Å². The zero-order valence-electron chi connectivity index (χ0n) is 8.39. The Kier molecular flexibility index (Phi) is 2.26. The Bertz CT molecular complexity index is 315. The highest BCUT2D eigenvalue weighted by molar-refractivity contribution is 5.47. The van der Waals surface area contributed by atoms with Gasteiger partial charge in [0, 0.05) is 0 Å². The molecular formula is C12H16O. The minimum Gasteiger partial charge on any atom is -0.493 e. The van der Waals surface area contributed by atoms with Crippen molar-refractivity contribution in [1.82, 2.24) is 0 Å². The van der Waals surface area contributed by atoms with Gasteiger partial charge in [0.25, 0.3) is 0 Å². The van der Waals surface area contributed by atoms with Crippen molar-refractivity contribution in [1.29, 1.82) is 0 Å². The number of fused-ring (bicyclic) bond motifs is 1. The van der Waals surface area contributed by atoms with Crippen molar-refractivity contribution in [2.24, 2.45) is 0 Å². The molecule has 0 aliphatic carbocycles. The standard InChI is InChI=1S/C12H16O/c1-3-10-7-6-9(2)11-5-4-8-13-12(10)11/h6-7H,3-5,8H2,1-2H3. The van der Waals surface area contributed by atoms with Gasteiger partial charge in [-0.1, -0.05) is 19.1 Å². The fraction of sp³-hybridized carbons (Fsp3) is 0.500. The van der Waals surface area contributed by atoms with Gasteiger partial charge in [0.1, 0.15) is 5.75 Å². The van der Waals surface area contributed by atoms with Crippen LogP contribution in [-0.4, -0.2) is 6.61 Å². The molecule has 0 N–H and O–H groups in total. The molecule has 0 spiro atoms. The minimum atomic E-state index is 0.892. The Morgan fingerprint density at radius 2 is 2.23 bits per heavy atom. The molecule has 0 atom stereocenters. The van der Waals surface area contributed by atoms with E-state index in [0.29, 0.717) is 0 Å². The van der Waals surface area contributed by atoms with E-state index >= 15 is 0 Å². The highest BCUT2D eigenvalue weighted by Crippen LogP contribution is 2.31. The smallest absolute Gasteiger partial charge is 0.125 e. The quantitative estimate of drug-likeness (QED) is 0.639. The number of hydrogen-bond acceptors (Lipinski definition) is 1. The highest BCUT2D eigenvalue weighted by atomic mass is 16.5. The van der Waals surface area contributed by atoms with Crippen molar-refractivity contribution in [3.8, 4) is 5.75 Å². The highest BCUT2D eigenvalue weighted by Gasteiger charge is 2.15. The second kappa shape index (κ2) is 3.41. The third-order valence-electron chi connectivity index (χ3n) is 2.77. The molecule has 1 aliphatic rings. The van der Waals surface area contributed by atoms with Crippen LogP contribution in [0.25, 0.3) is 0 Å². The molecule has 0 saturated heterocycles. The molecule has 1 heterocycles. The summed E-state index contributed by atoms with van der Waals surface area (Å²) in [4.78, 5) is 0. The lowest BCUT2D eigenvalue weighted by Crippen LogP contribution is -2.11. The van der Waals surface area contributed by atoms with E-state index in [1.807, 2.05) is 0 Å². The van der Waals surface area contributed by atoms with Gasteiger partial charge in [0.05, 0.1) is 6.61 Å². The van der Waals surface area contributed by atoms with E-state index in [1.54, 1.807) is 0 Å². The van der Waals surface area contributed by atoms with E-state index in [9.17, 15) is 0 Å². The fourth-order valence-electron chi connectivity index (χ4n) is 1.97. The van der Waals surface area contributed by atoms with E-state index in [4.69, 9.17) is 4.74 Å². The SMILES string of the molecule is CCc1ccc(C)c2c1OCCC2. The van der Waals surface area contributed by atoms with Crippen LogP contribution in [0.2, 0.25) is 0 Å². The third kappa shape index (κ3) is 1.43. The summed E-state index contributed by atoms with van der Waals surface area (Å²) in [6, 6.07) is 4.41. The second-order valence-corrected chi connectivity index (χ2v) is 3.65. The third-order valence-corrected chi connectivity index (χ3v) is 2.77. The first-order chi connectivity index (χ1) is 6.33. The average molecular weight is 176 g/mol. The molecule has 0 bridgehead atoms. The Labute approximate surface area is 79.7 Å². The van der Waals surface area contributed by atoms with Gasteiger partial charge >= 0.3 is 0 Å². The molecule has 0 saturated carbocycles. The molecule has 0 amide bonds. The summed E-state index contributed by atoms with van der Waals surface area (Å²) in [5.41, 5.74) is 4.18. The first-order valence-electron chi connectivity index (χ1n) is 5.07. The van der Waals surface area contributed by atoms with Crippen LogP contribution in [0.15, 0.2) is 12.1 Å². The topological polar surface area (TPSA) is 9.23 Å². The fourth-order valence-corrected chi connectivity index (χ4v) is 1.97. The average Bonchev–Trinajstić information content (AvgIpc) is 2.19. The zero-order chi connectivity index (χ0) is 9.26. The largest absolute Gasteiger partial charge is 0.493 e. The molecule has 0 unspecified atom stereocenters. The molecule has 1 aromatic rings. The van der Waals surface area contributed by atoms with Gasteiger partial charge in [-0.15, -0.1) is 0 Å². The maximum Gasteiger partial charge on any atom is 0.125 e. The van der Waals surface area contributed by atoms with E-state index in [0.717, 1.165) is 13.0 Å². The van der Waals surface area contributed by atoms with Gasteiger partial charge < -0.3 is 4.74 Å². The van der Waals surface area contributed by atoms with E-state index in [1.165, 1.54) is 35.3 Å². The number of hydrogen-bond donors (Lipinski definition) is 0. The van der Waals surface area contributed by atoms with Crippen LogP contribution in [0, 0.1) is 6.92 Å². The predicted molar refractivity (Wildman–Crippen MR) is 54.4 cm³/mol. The molecule has 0 radical (unpaired) electrons. The summed E-state index contributed by atoms with van der Waals surface area (Å²) >= 11 is 0. The first kappa shape index (κ1) is 8.61. The summed E-state index contributed by atoms with van der Waals surface area (Å²) < 4.78 is 5.73. The van der Waals surface area contributed by atoms with Crippen LogP contribution in [0.4, 0.5) is 0 Å². The zero-order valence-corrected chi connectivity index (χ0v) is 8.39. The van der Waals surface area contributed by atoms with Gasteiger partial charge in [0.2, 0.25) is 0 Å². The van der Waals surface area contributed by atoms with Crippen LogP contribution in [0.3, 0.4) is 0 Å². The predicted octanol–water partition coefficient (Wildman–Crippen LogP) is 2.88. The van der Waals surface area contributed by atoms with Crippen LogP contribution < -0.4 is 4.74 Å². The molecule has 0 aromatic heterocycles. The van der Waals surface area contributed by atoms with Gasteiger partial charge in [-0.3, -0.25) is 0 Å². The lowest BCUT2D eigenvalue weighted by atomic mass is 9.96. The normalized spacial score (nSPS) is 14.9. The van der Waals surface area contributed by atoms with Gasteiger partial charge in [-0.25, -0.2) is 0 Å². The van der Waals surface area contributed by atoms with Gasteiger partial charge in [-0.2, -0.15) is 0 Å². The molecule has 0 fully saturated rings. The van der Waals surface area contributed by atoms with Crippen molar-refractivity contribution in [3.05, 3.63) is 28.8 Å². The summed E-state index contributed by atoms with van der Waals surface area (Å²) in [5.74, 6) is 1.17. The molecule has 1 aromatic carbocycles. The van der Waals surface area contributed by atoms with Crippen molar-refractivity contribution >= 4 is 0 Å². The molecule has 1 aliphatic heterocycles. The van der Waals surface area contributed by atoms with Crippen molar-refractivity contribution in [3.63, 3.8) is 0 Å². The lowest BCUT2D eigenvalue weighted by Gasteiger charge is -2.21. The van der Waals surface area contributed by atoms with E-state index in [-0.39, 0.29) is 0 Å². The molecule has 1 heteroatoms. The minimum absolute atomic E-state index is 0.892.